The Balaban J connectivity index is 1.38. The van der Waals surface area contributed by atoms with Gasteiger partial charge in [-0.05, 0) is 104 Å². The summed E-state index contributed by atoms with van der Waals surface area (Å²) in [5.74, 6) is 2.25. The predicted molar refractivity (Wildman–Crippen MR) is 156 cm³/mol. The quantitative estimate of drug-likeness (QED) is 0.238. The van der Waals surface area contributed by atoms with Crippen molar-refractivity contribution in [3.8, 4) is 22.9 Å². The highest BCUT2D eigenvalue weighted by atomic mass is 32.1. The molecule has 0 aliphatic carbocycles. The highest BCUT2D eigenvalue weighted by Crippen LogP contribution is 2.43. The van der Waals surface area contributed by atoms with Gasteiger partial charge in [0, 0.05) is 29.5 Å². The number of aryl methyl sites for hydroxylation is 1. The summed E-state index contributed by atoms with van der Waals surface area (Å²) in [6.45, 7) is 2.10. The smallest absolute Gasteiger partial charge is 0.174 e. The van der Waals surface area contributed by atoms with Crippen LogP contribution >= 0.6 is 12.2 Å². The number of pyridine rings is 2. The van der Waals surface area contributed by atoms with Crippen LogP contribution in [0.5, 0.6) is 17.2 Å². The monoisotopic (exact) mass is 533 g/mol. The highest BCUT2D eigenvalue weighted by molar-refractivity contribution is 7.80. The first kappa shape index (κ1) is 24.6. The SMILES string of the molecule is COc1ccc(Oc2ccc(N3C(=S)N[C@H](c4ccccn4)[C@H]3c3ccc(C)n3-c3cccnc3)cc2)cc1. The van der Waals surface area contributed by atoms with Crippen LogP contribution in [-0.2, 0) is 0 Å². The number of hydrogen-bond acceptors (Lipinski definition) is 5. The minimum atomic E-state index is -0.158. The van der Waals surface area contributed by atoms with E-state index in [9.17, 15) is 0 Å². The summed E-state index contributed by atoms with van der Waals surface area (Å²) in [4.78, 5) is 11.2. The molecule has 1 fully saturated rings. The van der Waals surface area contributed by atoms with Crippen LogP contribution in [0.15, 0.2) is 110 Å². The van der Waals surface area contributed by atoms with Crippen molar-refractivity contribution in [2.24, 2.45) is 0 Å². The molecule has 194 valence electrons. The van der Waals surface area contributed by atoms with E-state index in [0.29, 0.717) is 5.11 Å². The van der Waals surface area contributed by atoms with Crippen LogP contribution in [-0.4, -0.2) is 26.8 Å². The number of anilines is 1. The molecule has 7 nitrogen and oxygen atoms in total. The van der Waals surface area contributed by atoms with Crippen molar-refractivity contribution in [1.82, 2.24) is 19.9 Å². The molecular formula is C31H27N5O2S. The van der Waals surface area contributed by atoms with Gasteiger partial charge in [-0.15, -0.1) is 0 Å². The van der Waals surface area contributed by atoms with E-state index in [0.717, 1.165) is 45.7 Å². The van der Waals surface area contributed by atoms with Gasteiger partial charge in [-0.1, -0.05) is 6.07 Å². The third kappa shape index (κ3) is 4.82. The van der Waals surface area contributed by atoms with Crippen molar-refractivity contribution >= 4 is 23.0 Å². The van der Waals surface area contributed by atoms with Crippen molar-refractivity contribution in [2.45, 2.75) is 19.0 Å². The third-order valence-electron chi connectivity index (χ3n) is 6.82. The Bertz CT molecular complexity index is 1570. The lowest BCUT2D eigenvalue weighted by atomic mass is 10.0. The molecule has 0 bridgehead atoms. The second kappa shape index (κ2) is 10.6. The first-order valence-electron chi connectivity index (χ1n) is 12.6. The second-order valence-electron chi connectivity index (χ2n) is 9.21. The average molecular weight is 534 g/mol. The number of nitrogens with zero attached hydrogens (tertiary/aromatic N) is 4. The summed E-state index contributed by atoms with van der Waals surface area (Å²) in [7, 11) is 1.65. The Morgan fingerprint density at radius 2 is 1.54 bits per heavy atom. The summed E-state index contributed by atoms with van der Waals surface area (Å²) < 4.78 is 13.5. The number of benzene rings is 2. The van der Waals surface area contributed by atoms with E-state index < -0.39 is 0 Å². The Morgan fingerprint density at radius 3 is 2.21 bits per heavy atom. The zero-order valence-electron chi connectivity index (χ0n) is 21.6. The Labute approximate surface area is 232 Å². The molecule has 0 unspecified atom stereocenters. The molecule has 1 aliphatic rings. The lowest BCUT2D eigenvalue weighted by molar-refractivity contribution is 0.413. The molecular weight excluding hydrogens is 506 g/mol. The van der Waals surface area contributed by atoms with Crippen LogP contribution in [0, 0.1) is 6.92 Å². The van der Waals surface area contributed by atoms with Crippen molar-refractivity contribution in [3.05, 3.63) is 127 Å². The predicted octanol–water partition coefficient (Wildman–Crippen LogP) is 6.55. The van der Waals surface area contributed by atoms with Gasteiger partial charge in [0.25, 0.3) is 0 Å². The summed E-state index contributed by atoms with van der Waals surface area (Å²) in [5.41, 5.74) is 5.06. The van der Waals surface area contributed by atoms with Gasteiger partial charge in [-0.3, -0.25) is 9.97 Å². The molecule has 0 radical (unpaired) electrons. The van der Waals surface area contributed by atoms with Crippen LogP contribution in [0.1, 0.15) is 29.2 Å². The van der Waals surface area contributed by atoms with Crippen LogP contribution in [0.3, 0.4) is 0 Å². The molecule has 1 saturated heterocycles. The van der Waals surface area contributed by atoms with Gasteiger partial charge in [0.2, 0.25) is 0 Å². The molecule has 3 aromatic heterocycles. The Kier molecular flexibility index (Phi) is 6.69. The van der Waals surface area contributed by atoms with E-state index in [2.05, 4.69) is 49.9 Å². The molecule has 0 amide bonds. The van der Waals surface area contributed by atoms with E-state index in [1.165, 1.54) is 0 Å². The fourth-order valence-corrected chi connectivity index (χ4v) is 5.36. The number of rotatable bonds is 7. The maximum atomic E-state index is 6.06. The molecule has 0 spiro atoms. The van der Waals surface area contributed by atoms with Crippen molar-refractivity contribution in [3.63, 3.8) is 0 Å². The molecule has 6 rings (SSSR count). The van der Waals surface area contributed by atoms with E-state index in [1.807, 2.05) is 85.2 Å². The zero-order valence-corrected chi connectivity index (χ0v) is 22.4. The van der Waals surface area contributed by atoms with Gasteiger partial charge in [-0.25, -0.2) is 0 Å². The standard InChI is InChI=1S/C31H27N5O2S/c1-21-8-17-28(35(21)23-6-5-18-32-20-23)30-29(27-7-3-4-19-33-27)34-31(39)36(30)22-9-11-25(12-10-22)38-26-15-13-24(37-2)14-16-26/h3-20,29-30H,1-2H3,(H,34,39)/t29-,30-/m1/s1. The largest absolute Gasteiger partial charge is 0.497 e. The van der Waals surface area contributed by atoms with Crippen LogP contribution in [0.4, 0.5) is 5.69 Å². The fourth-order valence-electron chi connectivity index (χ4n) is 5.02. The van der Waals surface area contributed by atoms with E-state index in [4.69, 9.17) is 21.7 Å². The minimum absolute atomic E-state index is 0.154. The molecule has 2 atom stereocenters. The highest BCUT2D eigenvalue weighted by Gasteiger charge is 2.42. The first-order valence-corrected chi connectivity index (χ1v) is 13.0. The summed E-state index contributed by atoms with van der Waals surface area (Å²) in [5, 5.41) is 4.18. The van der Waals surface area contributed by atoms with Crippen LogP contribution < -0.4 is 19.7 Å². The molecule has 2 aromatic carbocycles. The Morgan fingerprint density at radius 1 is 0.795 bits per heavy atom. The summed E-state index contributed by atoms with van der Waals surface area (Å²) >= 11 is 5.93. The molecule has 4 heterocycles. The molecule has 8 heteroatoms. The lowest BCUT2D eigenvalue weighted by Crippen LogP contribution is -2.30. The van der Waals surface area contributed by atoms with Crippen molar-refractivity contribution < 1.29 is 9.47 Å². The number of nitrogens with one attached hydrogen (secondary N) is 1. The molecule has 0 saturated carbocycles. The fraction of sp³-hybridized carbons (Fsp3) is 0.129. The number of aromatic nitrogens is 3. The summed E-state index contributed by atoms with van der Waals surface area (Å²) in [6, 6.07) is 29.4. The third-order valence-corrected chi connectivity index (χ3v) is 7.14. The molecule has 1 N–H and O–H groups in total. The molecule has 39 heavy (non-hydrogen) atoms. The topological polar surface area (TPSA) is 64.4 Å². The van der Waals surface area contributed by atoms with Gasteiger partial charge in [0.1, 0.15) is 23.3 Å². The average Bonchev–Trinajstić information content (AvgIpc) is 3.54. The van der Waals surface area contributed by atoms with Gasteiger partial charge >= 0.3 is 0 Å². The van der Waals surface area contributed by atoms with Crippen LogP contribution in [0.25, 0.3) is 5.69 Å². The number of ether oxygens (including phenoxy) is 2. The van der Waals surface area contributed by atoms with E-state index in [1.54, 1.807) is 13.3 Å². The second-order valence-corrected chi connectivity index (χ2v) is 9.60. The minimum Gasteiger partial charge on any atom is -0.497 e. The molecule has 1 aliphatic heterocycles. The maximum Gasteiger partial charge on any atom is 0.174 e. The summed E-state index contributed by atoms with van der Waals surface area (Å²) in [6.07, 6.45) is 5.48. The van der Waals surface area contributed by atoms with E-state index in [-0.39, 0.29) is 12.1 Å². The number of methoxy groups -OCH3 is 1. The van der Waals surface area contributed by atoms with Gasteiger partial charge in [-0.2, -0.15) is 0 Å². The number of thiocarbonyl (C=S) groups is 1. The van der Waals surface area contributed by atoms with Gasteiger partial charge in [0.15, 0.2) is 5.11 Å². The Hall–Kier alpha value is -4.69. The lowest BCUT2D eigenvalue weighted by Gasteiger charge is -2.29. The maximum absolute atomic E-state index is 6.06. The molecule has 5 aromatic rings. The first-order chi connectivity index (χ1) is 19.1. The van der Waals surface area contributed by atoms with E-state index >= 15 is 0 Å². The zero-order chi connectivity index (χ0) is 26.8. The normalized spacial score (nSPS) is 16.7. The number of hydrogen-bond donors (Lipinski definition) is 1. The van der Waals surface area contributed by atoms with Crippen LogP contribution in [0.2, 0.25) is 0 Å². The van der Waals surface area contributed by atoms with Gasteiger partial charge < -0.3 is 24.3 Å². The van der Waals surface area contributed by atoms with Crippen molar-refractivity contribution in [1.29, 1.82) is 0 Å². The van der Waals surface area contributed by atoms with Crippen molar-refractivity contribution in [2.75, 3.05) is 12.0 Å². The van der Waals surface area contributed by atoms with Gasteiger partial charge in [0.05, 0.1) is 30.7 Å².